The highest BCUT2D eigenvalue weighted by atomic mass is 32.2. The quantitative estimate of drug-likeness (QED) is 0.522. The predicted molar refractivity (Wildman–Crippen MR) is 146 cm³/mol. The monoisotopic (exact) mass is 539 g/mol. The van der Waals surface area contributed by atoms with Gasteiger partial charge in [-0.25, -0.2) is 8.42 Å². The lowest BCUT2D eigenvalue weighted by atomic mass is 10.0. The number of ether oxygens (including phenoxy) is 2. The summed E-state index contributed by atoms with van der Waals surface area (Å²) in [5.74, 6) is 0.894. The van der Waals surface area contributed by atoms with E-state index in [1.54, 1.807) is 17.0 Å². The Kier molecular flexibility index (Phi) is 10.6. The first-order valence-electron chi connectivity index (χ1n) is 13.5. The lowest BCUT2D eigenvalue weighted by Gasteiger charge is -2.36. The van der Waals surface area contributed by atoms with E-state index in [1.807, 2.05) is 13.8 Å². The van der Waals surface area contributed by atoms with Crippen molar-refractivity contribution in [3.8, 4) is 5.75 Å². The molecule has 9 nitrogen and oxygen atoms in total. The van der Waals surface area contributed by atoms with Crippen molar-refractivity contribution in [1.29, 1.82) is 0 Å². The predicted octanol–water partition coefficient (Wildman–Crippen LogP) is 3.20. The number of carbonyl (C=O) groups is 1. The van der Waals surface area contributed by atoms with Gasteiger partial charge >= 0.3 is 0 Å². The summed E-state index contributed by atoms with van der Waals surface area (Å²) in [6.45, 7) is 8.56. The van der Waals surface area contributed by atoms with Crippen LogP contribution in [0.4, 0.5) is 5.69 Å². The van der Waals surface area contributed by atoms with E-state index in [9.17, 15) is 18.3 Å². The molecule has 1 heterocycles. The molecule has 2 N–H and O–H groups in total. The number of nitrogens with one attached hydrogen (secondary N) is 1. The molecule has 1 saturated carbocycles. The summed E-state index contributed by atoms with van der Waals surface area (Å²) in [4.78, 5) is 18.0. The van der Waals surface area contributed by atoms with Crippen LogP contribution in [0.1, 0.15) is 63.2 Å². The fourth-order valence-corrected chi connectivity index (χ4v) is 5.34. The van der Waals surface area contributed by atoms with Crippen LogP contribution in [0, 0.1) is 11.8 Å². The highest BCUT2D eigenvalue weighted by molar-refractivity contribution is 7.92. The van der Waals surface area contributed by atoms with Crippen molar-refractivity contribution in [1.82, 2.24) is 9.80 Å². The van der Waals surface area contributed by atoms with E-state index in [4.69, 9.17) is 9.47 Å². The van der Waals surface area contributed by atoms with Crippen molar-refractivity contribution in [3.63, 3.8) is 0 Å². The largest absolute Gasteiger partial charge is 0.490 e. The molecular weight excluding hydrogens is 494 g/mol. The zero-order chi connectivity index (χ0) is 27.2. The van der Waals surface area contributed by atoms with Crippen LogP contribution in [-0.2, 0) is 14.8 Å². The summed E-state index contributed by atoms with van der Waals surface area (Å²) in [6.07, 6.45) is 6.12. The number of carbonyl (C=O) groups excluding carboxylic acids is 1. The molecule has 210 valence electrons. The third-order valence-electron chi connectivity index (χ3n) is 7.11. The Morgan fingerprint density at radius 1 is 1.19 bits per heavy atom. The molecule has 1 amide bonds. The minimum atomic E-state index is -3.52. The Hall–Kier alpha value is -1.88. The van der Waals surface area contributed by atoms with Crippen molar-refractivity contribution >= 4 is 21.6 Å². The molecule has 0 saturated heterocycles. The van der Waals surface area contributed by atoms with E-state index in [0.717, 1.165) is 44.5 Å². The van der Waals surface area contributed by atoms with E-state index >= 15 is 0 Å². The van der Waals surface area contributed by atoms with Crippen LogP contribution in [0.25, 0.3) is 0 Å². The average Bonchev–Trinajstić information content (AvgIpc) is 3.63. The molecular formula is C27H45N3O6S. The molecule has 3 rings (SSSR count). The summed E-state index contributed by atoms with van der Waals surface area (Å²) in [5.41, 5.74) is 0.563. The number of rotatable bonds is 8. The Balaban J connectivity index is 1.93. The normalized spacial score (nSPS) is 25.2. The summed E-state index contributed by atoms with van der Waals surface area (Å²) in [7, 11) is -1.39. The van der Waals surface area contributed by atoms with Gasteiger partial charge in [0.05, 0.1) is 36.7 Å². The fourth-order valence-electron chi connectivity index (χ4n) is 4.79. The standard InChI is InChI=1S/C27H45N3O6S/c1-19-15-30(20(2)18-31)27(32)24-14-23(28-37(5,33)34)11-12-25(24)36-21(3)8-6-7-13-35-26(19)17-29(4)16-22-9-10-22/h11-12,14,19-22,26,28,31H,6-10,13,15-18H2,1-5H3/t19-,20-,21+,26+/m1/s1. The number of amides is 1. The lowest BCUT2D eigenvalue weighted by molar-refractivity contribution is -0.0172. The highest BCUT2D eigenvalue weighted by Crippen LogP contribution is 2.30. The molecule has 37 heavy (non-hydrogen) atoms. The number of fused-ring (bicyclic) bond motifs is 1. The minimum absolute atomic E-state index is 0.0168. The van der Waals surface area contributed by atoms with Gasteiger partial charge in [0, 0.05) is 37.8 Å². The van der Waals surface area contributed by atoms with Gasteiger partial charge in [-0.1, -0.05) is 6.92 Å². The average molecular weight is 540 g/mol. The summed E-state index contributed by atoms with van der Waals surface area (Å²) in [5, 5.41) is 10.0. The van der Waals surface area contributed by atoms with Gasteiger partial charge in [0.2, 0.25) is 10.0 Å². The molecule has 0 aromatic heterocycles. The Morgan fingerprint density at radius 2 is 1.92 bits per heavy atom. The van der Waals surface area contributed by atoms with Crippen molar-refractivity contribution in [2.24, 2.45) is 11.8 Å². The maximum Gasteiger partial charge on any atom is 0.258 e. The molecule has 1 aliphatic carbocycles. The van der Waals surface area contributed by atoms with E-state index in [-0.39, 0.29) is 36.2 Å². The van der Waals surface area contributed by atoms with Crippen LogP contribution < -0.4 is 9.46 Å². The highest BCUT2D eigenvalue weighted by Gasteiger charge is 2.31. The molecule has 4 atom stereocenters. The smallest absolute Gasteiger partial charge is 0.258 e. The fraction of sp³-hybridized carbons (Fsp3) is 0.741. The van der Waals surface area contributed by atoms with Crippen LogP contribution in [0.3, 0.4) is 0 Å². The van der Waals surface area contributed by atoms with Crippen LogP contribution in [0.2, 0.25) is 0 Å². The Morgan fingerprint density at radius 3 is 2.57 bits per heavy atom. The summed E-state index contributed by atoms with van der Waals surface area (Å²) < 4.78 is 38.7. The van der Waals surface area contributed by atoms with Crippen molar-refractivity contribution in [2.75, 3.05) is 50.9 Å². The molecule has 0 bridgehead atoms. The number of anilines is 1. The number of aliphatic hydroxyl groups is 1. The summed E-state index contributed by atoms with van der Waals surface area (Å²) >= 11 is 0. The van der Waals surface area contributed by atoms with Gasteiger partial charge in [-0.05, 0) is 77.1 Å². The number of nitrogens with zero attached hydrogens (tertiary/aromatic N) is 2. The zero-order valence-electron chi connectivity index (χ0n) is 23.0. The molecule has 1 aromatic rings. The second kappa shape index (κ2) is 13.3. The Bertz CT molecular complexity index is 1000. The minimum Gasteiger partial charge on any atom is -0.490 e. The van der Waals surface area contributed by atoms with Crippen LogP contribution in [0.15, 0.2) is 18.2 Å². The van der Waals surface area contributed by atoms with Gasteiger partial charge in [-0.2, -0.15) is 0 Å². The molecule has 2 aliphatic rings. The third kappa shape index (κ3) is 9.42. The zero-order valence-corrected chi connectivity index (χ0v) is 23.8. The first kappa shape index (κ1) is 29.7. The van der Waals surface area contributed by atoms with Crippen LogP contribution in [-0.4, -0.2) is 93.6 Å². The second-order valence-corrected chi connectivity index (χ2v) is 12.8. The number of hydrogen-bond acceptors (Lipinski definition) is 7. The number of sulfonamides is 1. The summed E-state index contributed by atoms with van der Waals surface area (Å²) in [6, 6.07) is 4.33. The van der Waals surface area contributed by atoms with Gasteiger partial charge in [0.25, 0.3) is 5.91 Å². The molecule has 0 radical (unpaired) electrons. The second-order valence-electron chi connectivity index (χ2n) is 11.0. The first-order valence-corrected chi connectivity index (χ1v) is 15.4. The number of benzene rings is 1. The van der Waals surface area contributed by atoms with Crippen LogP contribution >= 0.6 is 0 Å². The van der Waals surface area contributed by atoms with Gasteiger partial charge < -0.3 is 24.4 Å². The van der Waals surface area contributed by atoms with E-state index in [2.05, 4.69) is 23.6 Å². The van der Waals surface area contributed by atoms with Gasteiger partial charge in [-0.15, -0.1) is 0 Å². The maximum absolute atomic E-state index is 14.0. The number of likely N-dealkylation sites (N-methyl/N-ethyl adjacent to an activating group) is 1. The SMILES string of the molecule is C[C@@H]1CN([C@H](C)CO)C(=O)c2cc(NS(C)(=O)=O)ccc2O[C@@H](C)CCCCO[C@H]1CN(C)CC1CC1. The van der Waals surface area contributed by atoms with Gasteiger partial charge in [0.15, 0.2) is 0 Å². The number of hydrogen-bond donors (Lipinski definition) is 2. The van der Waals surface area contributed by atoms with Gasteiger partial charge in [0.1, 0.15) is 5.75 Å². The van der Waals surface area contributed by atoms with E-state index in [0.29, 0.717) is 24.6 Å². The van der Waals surface area contributed by atoms with Crippen molar-refractivity contribution in [2.45, 2.75) is 71.1 Å². The number of aliphatic hydroxyl groups excluding tert-OH is 1. The first-order chi connectivity index (χ1) is 17.5. The van der Waals surface area contributed by atoms with E-state index < -0.39 is 16.1 Å². The Labute approximate surface area is 222 Å². The lowest BCUT2D eigenvalue weighted by Crippen LogP contribution is -2.47. The molecule has 1 aliphatic heterocycles. The van der Waals surface area contributed by atoms with E-state index in [1.165, 1.54) is 18.9 Å². The van der Waals surface area contributed by atoms with Gasteiger partial charge in [-0.3, -0.25) is 9.52 Å². The topological polar surface area (TPSA) is 108 Å². The van der Waals surface area contributed by atoms with Crippen LogP contribution in [0.5, 0.6) is 5.75 Å². The molecule has 0 spiro atoms. The molecule has 0 unspecified atom stereocenters. The molecule has 1 fully saturated rings. The maximum atomic E-state index is 14.0. The van der Waals surface area contributed by atoms with Crippen molar-refractivity contribution < 1.29 is 27.8 Å². The van der Waals surface area contributed by atoms with Crippen molar-refractivity contribution in [3.05, 3.63) is 23.8 Å². The molecule has 10 heteroatoms. The molecule has 1 aromatic carbocycles. The third-order valence-corrected chi connectivity index (χ3v) is 7.72.